The average Bonchev–Trinajstić information content (AvgIpc) is 2.66. The van der Waals surface area contributed by atoms with E-state index in [4.69, 9.17) is 27.9 Å². The van der Waals surface area contributed by atoms with Crippen LogP contribution in [-0.4, -0.2) is 31.0 Å². The zero-order chi connectivity index (χ0) is 20.3. The van der Waals surface area contributed by atoms with Crippen molar-refractivity contribution in [2.45, 2.75) is 39.2 Å². The van der Waals surface area contributed by atoms with Crippen molar-refractivity contribution in [3.05, 3.63) is 57.1 Å². The first kappa shape index (κ1) is 21.0. The van der Waals surface area contributed by atoms with Gasteiger partial charge in [0.2, 0.25) is 5.91 Å². The lowest BCUT2D eigenvalue weighted by molar-refractivity contribution is -0.122. The number of rotatable bonds is 5. The number of benzene rings is 2. The molecule has 0 bridgehead atoms. The summed E-state index contributed by atoms with van der Waals surface area (Å²) in [6.07, 6.45) is 3.29. The largest absolute Gasteiger partial charge is 0.495 e. The van der Waals surface area contributed by atoms with Crippen molar-refractivity contribution in [1.29, 1.82) is 0 Å². The number of hydrogen-bond donors (Lipinski definition) is 1. The minimum absolute atomic E-state index is 0.101. The molecule has 6 heteroatoms. The van der Waals surface area contributed by atoms with E-state index >= 15 is 0 Å². The van der Waals surface area contributed by atoms with Gasteiger partial charge in [0, 0.05) is 16.3 Å². The lowest BCUT2D eigenvalue weighted by Crippen LogP contribution is -2.40. The van der Waals surface area contributed by atoms with Crippen LogP contribution in [0.5, 0.6) is 5.75 Å². The third-order valence-corrected chi connectivity index (χ3v) is 5.77. The molecule has 1 amide bonds. The smallest absolute Gasteiger partial charge is 0.246 e. The number of nitrogens with zero attached hydrogens (tertiary/aromatic N) is 1. The Morgan fingerprint density at radius 1 is 1.11 bits per heavy atom. The first-order valence-electron chi connectivity index (χ1n) is 9.56. The van der Waals surface area contributed by atoms with Crippen LogP contribution < -0.4 is 10.1 Å². The van der Waals surface area contributed by atoms with Gasteiger partial charge in [0.25, 0.3) is 0 Å². The molecule has 1 N–H and O–H groups in total. The highest BCUT2D eigenvalue weighted by Gasteiger charge is 2.32. The number of anilines is 1. The fraction of sp³-hybridized carbons (Fsp3) is 0.409. The van der Waals surface area contributed by atoms with E-state index in [1.54, 1.807) is 19.2 Å². The highest BCUT2D eigenvalue weighted by molar-refractivity contribution is 6.35. The Balaban J connectivity index is 2.04. The molecule has 3 rings (SSSR count). The molecule has 1 atom stereocenters. The Hall–Kier alpha value is -1.75. The molecule has 2 aromatic rings. The molecule has 0 spiro atoms. The van der Waals surface area contributed by atoms with E-state index in [-0.39, 0.29) is 5.91 Å². The van der Waals surface area contributed by atoms with Gasteiger partial charge in [-0.05, 0) is 63.0 Å². The van der Waals surface area contributed by atoms with E-state index in [1.165, 1.54) is 6.42 Å². The lowest BCUT2D eigenvalue weighted by Gasteiger charge is -2.35. The van der Waals surface area contributed by atoms with Crippen LogP contribution in [0.1, 0.15) is 42.0 Å². The number of hydrogen-bond acceptors (Lipinski definition) is 3. The maximum absolute atomic E-state index is 13.5. The first-order valence-corrected chi connectivity index (χ1v) is 10.3. The van der Waals surface area contributed by atoms with Gasteiger partial charge in [0.1, 0.15) is 11.8 Å². The summed E-state index contributed by atoms with van der Waals surface area (Å²) in [6, 6.07) is 8.88. The number of aryl methyl sites for hydroxylation is 2. The summed E-state index contributed by atoms with van der Waals surface area (Å²) in [4.78, 5) is 15.7. The number of para-hydroxylation sites is 1. The second-order valence-corrected chi connectivity index (χ2v) is 8.11. The summed E-state index contributed by atoms with van der Waals surface area (Å²) in [5.74, 6) is 0.397. The molecule has 1 heterocycles. The van der Waals surface area contributed by atoms with Gasteiger partial charge in [0.05, 0.1) is 12.1 Å². The fourth-order valence-electron chi connectivity index (χ4n) is 3.88. The topological polar surface area (TPSA) is 41.6 Å². The van der Waals surface area contributed by atoms with E-state index in [9.17, 15) is 4.79 Å². The highest BCUT2D eigenvalue weighted by Crippen LogP contribution is 2.39. The molecule has 2 aromatic carbocycles. The quantitative estimate of drug-likeness (QED) is 0.665. The molecule has 4 nitrogen and oxygen atoms in total. The number of amides is 1. The number of nitrogens with one attached hydrogen (secondary N) is 1. The maximum atomic E-state index is 13.5. The van der Waals surface area contributed by atoms with Gasteiger partial charge in [0.15, 0.2) is 0 Å². The number of likely N-dealkylation sites (tertiary alicyclic amines) is 1. The zero-order valence-electron chi connectivity index (χ0n) is 16.5. The molecule has 0 aromatic heterocycles. The molecule has 1 fully saturated rings. The monoisotopic (exact) mass is 420 g/mol. The third kappa shape index (κ3) is 4.45. The van der Waals surface area contributed by atoms with Crippen molar-refractivity contribution < 1.29 is 9.53 Å². The van der Waals surface area contributed by atoms with Gasteiger partial charge in [-0.15, -0.1) is 0 Å². The summed E-state index contributed by atoms with van der Waals surface area (Å²) in [5.41, 5.74) is 3.61. The second-order valence-electron chi connectivity index (χ2n) is 7.27. The number of carbonyl (C=O) groups is 1. The molecular formula is C22H26Cl2N2O2. The normalized spacial score (nSPS) is 15.9. The van der Waals surface area contributed by atoms with E-state index < -0.39 is 6.04 Å². The van der Waals surface area contributed by atoms with Crippen molar-refractivity contribution in [2.24, 2.45) is 0 Å². The van der Waals surface area contributed by atoms with Crippen molar-refractivity contribution in [3.63, 3.8) is 0 Å². The molecule has 1 aliphatic heterocycles. The number of methoxy groups -OCH3 is 1. The van der Waals surface area contributed by atoms with Gasteiger partial charge in [-0.2, -0.15) is 0 Å². The van der Waals surface area contributed by atoms with Crippen LogP contribution in [0.2, 0.25) is 10.0 Å². The number of halogens is 2. The lowest BCUT2D eigenvalue weighted by atomic mass is 9.99. The Morgan fingerprint density at radius 3 is 2.36 bits per heavy atom. The van der Waals surface area contributed by atoms with Crippen molar-refractivity contribution in [3.8, 4) is 5.75 Å². The molecule has 0 radical (unpaired) electrons. The van der Waals surface area contributed by atoms with E-state index in [2.05, 4.69) is 10.2 Å². The SMILES string of the molecule is COc1c(Cl)cc(Cl)cc1C(C(=O)Nc1c(C)cccc1C)N1CCCCC1. The predicted octanol–water partition coefficient (Wildman–Crippen LogP) is 5.78. The van der Waals surface area contributed by atoms with Crippen molar-refractivity contribution in [1.82, 2.24) is 4.90 Å². The van der Waals surface area contributed by atoms with E-state index in [0.717, 1.165) is 42.7 Å². The van der Waals surface area contributed by atoms with Crippen LogP contribution in [0.25, 0.3) is 0 Å². The summed E-state index contributed by atoms with van der Waals surface area (Å²) in [5, 5.41) is 4.04. The van der Waals surface area contributed by atoms with Gasteiger partial charge < -0.3 is 10.1 Å². The molecular weight excluding hydrogens is 395 g/mol. The number of carbonyl (C=O) groups excluding carboxylic acids is 1. The predicted molar refractivity (Wildman–Crippen MR) is 116 cm³/mol. The Bertz CT molecular complexity index is 844. The van der Waals surface area contributed by atoms with Crippen LogP contribution in [0, 0.1) is 13.8 Å². The molecule has 28 heavy (non-hydrogen) atoms. The van der Waals surface area contributed by atoms with Gasteiger partial charge in [-0.1, -0.05) is 47.8 Å². The molecule has 0 saturated carbocycles. The van der Waals surface area contributed by atoms with Crippen LogP contribution in [0.4, 0.5) is 5.69 Å². The van der Waals surface area contributed by atoms with Crippen LogP contribution in [-0.2, 0) is 4.79 Å². The Morgan fingerprint density at radius 2 is 1.75 bits per heavy atom. The van der Waals surface area contributed by atoms with Gasteiger partial charge in [-0.25, -0.2) is 0 Å². The second kappa shape index (κ2) is 9.17. The molecule has 1 unspecified atom stereocenters. The molecule has 1 saturated heterocycles. The summed E-state index contributed by atoms with van der Waals surface area (Å²) in [6.45, 7) is 5.68. The summed E-state index contributed by atoms with van der Waals surface area (Å²) >= 11 is 12.7. The first-order chi connectivity index (χ1) is 13.4. The highest BCUT2D eigenvalue weighted by atomic mass is 35.5. The minimum Gasteiger partial charge on any atom is -0.495 e. The van der Waals surface area contributed by atoms with Crippen LogP contribution >= 0.6 is 23.2 Å². The van der Waals surface area contributed by atoms with E-state index in [1.807, 2.05) is 32.0 Å². The molecule has 1 aliphatic rings. The number of piperidine rings is 1. The van der Waals surface area contributed by atoms with Gasteiger partial charge >= 0.3 is 0 Å². The van der Waals surface area contributed by atoms with E-state index in [0.29, 0.717) is 21.4 Å². The van der Waals surface area contributed by atoms with Crippen LogP contribution in [0.3, 0.4) is 0 Å². The number of ether oxygens (including phenoxy) is 1. The Labute approximate surface area is 176 Å². The zero-order valence-corrected chi connectivity index (χ0v) is 18.0. The van der Waals surface area contributed by atoms with Crippen molar-refractivity contribution in [2.75, 3.05) is 25.5 Å². The maximum Gasteiger partial charge on any atom is 0.246 e. The standard InChI is InChI=1S/C22H26Cl2N2O2/c1-14-8-7-9-15(2)19(14)25-22(27)20(26-10-5-4-6-11-26)17-12-16(23)13-18(24)21(17)28-3/h7-9,12-13,20H,4-6,10-11H2,1-3H3,(H,25,27). The fourth-order valence-corrected chi connectivity index (χ4v) is 4.47. The van der Waals surface area contributed by atoms with Crippen molar-refractivity contribution >= 4 is 34.8 Å². The molecule has 150 valence electrons. The van der Waals surface area contributed by atoms with Gasteiger partial charge in [-0.3, -0.25) is 9.69 Å². The molecule has 0 aliphatic carbocycles. The third-order valence-electron chi connectivity index (χ3n) is 5.27. The average molecular weight is 421 g/mol. The van der Waals surface area contributed by atoms with Crippen LogP contribution in [0.15, 0.2) is 30.3 Å². The minimum atomic E-state index is -0.523. The Kier molecular flexibility index (Phi) is 6.86. The summed E-state index contributed by atoms with van der Waals surface area (Å²) in [7, 11) is 1.56. The summed E-state index contributed by atoms with van der Waals surface area (Å²) < 4.78 is 5.55.